The van der Waals surface area contributed by atoms with E-state index >= 15 is 0 Å². The number of aryl methyl sites for hydroxylation is 1. The van der Waals surface area contributed by atoms with Gasteiger partial charge in [-0.3, -0.25) is 19.7 Å². The SMILES string of the molecule is Cc1cccc2c1NC1(CCN(C(=O)c3ccc([N+](=O)[O-])cc3)CC1)NC2=O. The van der Waals surface area contributed by atoms with Crippen LogP contribution in [-0.2, 0) is 0 Å². The van der Waals surface area contributed by atoms with E-state index in [0.29, 0.717) is 37.1 Å². The van der Waals surface area contributed by atoms with Crippen molar-refractivity contribution in [1.82, 2.24) is 10.2 Å². The highest BCUT2D eigenvalue weighted by Gasteiger charge is 2.41. The van der Waals surface area contributed by atoms with E-state index < -0.39 is 10.6 Å². The molecule has 0 unspecified atom stereocenters. The molecule has 8 nitrogen and oxygen atoms in total. The lowest BCUT2D eigenvalue weighted by Crippen LogP contribution is -2.62. The minimum Gasteiger partial charge on any atom is -0.362 e. The molecule has 2 aliphatic rings. The van der Waals surface area contributed by atoms with Crippen molar-refractivity contribution < 1.29 is 14.5 Å². The number of rotatable bonds is 2. The van der Waals surface area contributed by atoms with Gasteiger partial charge in [0.1, 0.15) is 5.66 Å². The van der Waals surface area contributed by atoms with Crippen LogP contribution in [0.1, 0.15) is 39.1 Å². The summed E-state index contributed by atoms with van der Waals surface area (Å²) in [6.07, 6.45) is 1.15. The molecule has 2 aliphatic heterocycles. The molecule has 0 bridgehead atoms. The average Bonchev–Trinajstić information content (AvgIpc) is 2.69. The highest BCUT2D eigenvalue weighted by Crippen LogP contribution is 2.33. The normalized spacial score (nSPS) is 17.5. The summed E-state index contributed by atoms with van der Waals surface area (Å²) >= 11 is 0. The van der Waals surface area contributed by atoms with Crippen molar-refractivity contribution in [1.29, 1.82) is 0 Å². The molecule has 0 radical (unpaired) electrons. The molecule has 4 rings (SSSR count). The Morgan fingerprint density at radius 1 is 1.11 bits per heavy atom. The van der Waals surface area contributed by atoms with Gasteiger partial charge in [0.05, 0.1) is 16.2 Å². The number of hydrogen-bond donors (Lipinski definition) is 2. The number of amides is 2. The number of likely N-dealkylation sites (tertiary alicyclic amines) is 1. The Hall–Kier alpha value is -3.42. The molecule has 0 aromatic heterocycles. The number of carbonyl (C=O) groups is 2. The maximum Gasteiger partial charge on any atom is 0.269 e. The van der Waals surface area contributed by atoms with Gasteiger partial charge in [-0.25, -0.2) is 0 Å². The molecule has 1 spiro atoms. The standard InChI is InChI=1S/C20H20N4O4/c1-13-3-2-4-16-17(13)21-20(22-18(16)25)9-11-23(12-10-20)19(26)14-5-7-15(8-6-14)24(27)28/h2-8,21H,9-12H2,1H3,(H,22,25). The Labute approximate surface area is 161 Å². The van der Waals surface area contributed by atoms with Crippen molar-refractivity contribution in [2.24, 2.45) is 0 Å². The molecule has 144 valence electrons. The van der Waals surface area contributed by atoms with E-state index in [9.17, 15) is 19.7 Å². The van der Waals surface area contributed by atoms with Crippen LogP contribution >= 0.6 is 0 Å². The highest BCUT2D eigenvalue weighted by molar-refractivity contribution is 6.03. The summed E-state index contributed by atoms with van der Waals surface area (Å²) in [4.78, 5) is 37.3. The predicted molar refractivity (Wildman–Crippen MR) is 103 cm³/mol. The van der Waals surface area contributed by atoms with Gasteiger partial charge in [0.15, 0.2) is 0 Å². The number of nitro benzene ring substituents is 1. The second-order valence-electron chi connectivity index (χ2n) is 7.25. The molecule has 2 amide bonds. The molecular weight excluding hydrogens is 360 g/mol. The number of piperidine rings is 1. The van der Waals surface area contributed by atoms with E-state index in [4.69, 9.17) is 0 Å². The van der Waals surface area contributed by atoms with Gasteiger partial charge < -0.3 is 15.5 Å². The molecule has 2 heterocycles. The quantitative estimate of drug-likeness (QED) is 0.616. The van der Waals surface area contributed by atoms with Gasteiger partial charge in [-0.05, 0) is 30.7 Å². The van der Waals surface area contributed by atoms with Crippen LogP contribution < -0.4 is 10.6 Å². The maximum atomic E-state index is 12.7. The van der Waals surface area contributed by atoms with Crippen LogP contribution in [0.5, 0.6) is 0 Å². The number of benzene rings is 2. The van der Waals surface area contributed by atoms with Crippen LogP contribution in [0.15, 0.2) is 42.5 Å². The van der Waals surface area contributed by atoms with Crippen molar-refractivity contribution in [3.05, 3.63) is 69.3 Å². The molecule has 28 heavy (non-hydrogen) atoms. The van der Waals surface area contributed by atoms with E-state index in [1.165, 1.54) is 24.3 Å². The van der Waals surface area contributed by atoms with Gasteiger partial charge in [0, 0.05) is 43.6 Å². The Morgan fingerprint density at radius 3 is 2.43 bits per heavy atom. The first kappa shape index (κ1) is 18.0. The van der Waals surface area contributed by atoms with Crippen LogP contribution in [0, 0.1) is 17.0 Å². The third-order valence-corrected chi connectivity index (χ3v) is 5.46. The number of anilines is 1. The molecule has 1 saturated heterocycles. The first-order valence-electron chi connectivity index (χ1n) is 9.13. The topological polar surface area (TPSA) is 105 Å². The molecule has 0 saturated carbocycles. The highest BCUT2D eigenvalue weighted by atomic mass is 16.6. The third-order valence-electron chi connectivity index (χ3n) is 5.46. The van der Waals surface area contributed by atoms with Crippen LogP contribution in [0.3, 0.4) is 0 Å². The summed E-state index contributed by atoms with van der Waals surface area (Å²) in [5.74, 6) is -0.268. The maximum absolute atomic E-state index is 12.7. The molecule has 1 fully saturated rings. The summed E-state index contributed by atoms with van der Waals surface area (Å²) in [6.45, 7) is 2.92. The smallest absolute Gasteiger partial charge is 0.269 e. The summed E-state index contributed by atoms with van der Waals surface area (Å²) in [7, 11) is 0. The summed E-state index contributed by atoms with van der Waals surface area (Å²) < 4.78 is 0. The fraction of sp³-hybridized carbons (Fsp3) is 0.300. The summed E-state index contributed by atoms with van der Waals surface area (Å²) in [5, 5.41) is 17.3. The fourth-order valence-electron chi connectivity index (χ4n) is 3.83. The Kier molecular flexibility index (Phi) is 4.26. The zero-order valence-electron chi connectivity index (χ0n) is 15.4. The van der Waals surface area contributed by atoms with E-state index in [0.717, 1.165) is 11.3 Å². The largest absolute Gasteiger partial charge is 0.362 e. The summed E-state index contributed by atoms with van der Waals surface area (Å²) in [6, 6.07) is 11.2. The number of nitrogens with zero attached hydrogens (tertiary/aromatic N) is 2. The first-order chi connectivity index (χ1) is 13.4. The van der Waals surface area contributed by atoms with Crippen molar-refractivity contribution >= 4 is 23.2 Å². The van der Waals surface area contributed by atoms with Crippen molar-refractivity contribution in [3.63, 3.8) is 0 Å². The minimum atomic E-state index is -0.567. The second kappa shape index (κ2) is 6.63. The van der Waals surface area contributed by atoms with Crippen LogP contribution in [-0.4, -0.2) is 40.4 Å². The van der Waals surface area contributed by atoms with E-state index in [-0.39, 0.29) is 17.5 Å². The third kappa shape index (κ3) is 3.06. The lowest BCUT2D eigenvalue weighted by atomic mass is 9.91. The Morgan fingerprint density at radius 2 is 1.79 bits per heavy atom. The molecule has 2 N–H and O–H groups in total. The first-order valence-corrected chi connectivity index (χ1v) is 9.13. The zero-order chi connectivity index (χ0) is 19.9. The van der Waals surface area contributed by atoms with Gasteiger partial charge in [0.2, 0.25) is 0 Å². The van der Waals surface area contributed by atoms with Crippen LogP contribution in [0.2, 0.25) is 0 Å². The Balaban J connectivity index is 1.47. The number of hydrogen-bond acceptors (Lipinski definition) is 5. The van der Waals surface area contributed by atoms with Gasteiger partial charge in [-0.15, -0.1) is 0 Å². The number of para-hydroxylation sites is 1. The lowest BCUT2D eigenvalue weighted by molar-refractivity contribution is -0.384. The average molecular weight is 380 g/mol. The van der Waals surface area contributed by atoms with Crippen molar-refractivity contribution in [3.8, 4) is 0 Å². The fourth-order valence-corrected chi connectivity index (χ4v) is 3.83. The van der Waals surface area contributed by atoms with E-state index in [2.05, 4.69) is 10.6 Å². The number of carbonyl (C=O) groups excluding carboxylic acids is 2. The van der Waals surface area contributed by atoms with E-state index in [1.54, 1.807) is 11.0 Å². The molecule has 8 heteroatoms. The van der Waals surface area contributed by atoms with Crippen molar-refractivity contribution in [2.75, 3.05) is 18.4 Å². The van der Waals surface area contributed by atoms with Gasteiger partial charge >= 0.3 is 0 Å². The Bertz CT molecular complexity index is 963. The second-order valence-corrected chi connectivity index (χ2v) is 7.25. The number of fused-ring (bicyclic) bond motifs is 1. The van der Waals surface area contributed by atoms with Gasteiger partial charge in [0.25, 0.3) is 17.5 Å². The van der Waals surface area contributed by atoms with E-state index in [1.807, 2.05) is 19.1 Å². The lowest BCUT2D eigenvalue weighted by Gasteiger charge is -2.46. The molecule has 2 aromatic carbocycles. The van der Waals surface area contributed by atoms with Crippen LogP contribution in [0.25, 0.3) is 0 Å². The summed E-state index contributed by atoms with van der Waals surface area (Å²) in [5.41, 5.74) is 2.30. The molecular formula is C20H20N4O4. The number of non-ortho nitro benzene ring substituents is 1. The predicted octanol–water partition coefficient (Wildman–Crippen LogP) is 2.69. The zero-order valence-corrected chi connectivity index (χ0v) is 15.4. The molecule has 0 aliphatic carbocycles. The van der Waals surface area contributed by atoms with Gasteiger partial charge in [-0.2, -0.15) is 0 Å². The minimum absolute atomic E-state index is 0.0442. The van der Waals surface area contributed by atoms with Crippen molar-refractivity contribution in [2.45, 2.75) is 25.4 Å². The molecule has 2 aromatic rings. The number of nitrogens with one attached hydrogen (secondary N) is 2. The monoisotopic (exact) mass is 380 g/mol. The van der Waals surface area contributed by atoms with Crippen LogP contribution in [0.4, 0.5) is 11.4 Å². The number of nitro groups is 1. The molecule has 0 atom stereocenters. The van der Waals surface area contributed by atoms with Gasteiger partial charge in [-0.1, -0.05) is 12.1 Å².